The van der Waals surface area contributed by atoms with Crippen LogP contribution in [0.2, 0.25) is 0 Å². The molecule has 2 aromatic heterocycles. The largest absolute Gasteiger partial charge is 0.249 e. The number of hydrogen-bond donors (Lipinski definition) is 0. The lowest BCUT2D eigenvalue weighted by molar-refractivity contribution is 0.899. The predicted octanol–water partition coefficient (Wildman–Crippen LogP) is 2.44. The average molecular weight is 216 g/mol. The lowest BCUT2D eigenvalue weighted by atomic mass is 10.4. The Morgan fingerprint density at radius 2 is 1.93 bits per heavy atom. The van der Waals surface area contributed by atoms with Crippen molar-refractivity contribution in [2.45, 2.75) is 24.0 Å². The minimum Gasteiger partial charge on any atom is -0.249 e. The highest BCUT2D eigenvalue weighted by Gasteiger charge is 2.02. The zero-order valence-corrected chi connectivity index (χ0v) is 9.38. The molecule has 0 N–H and O–H groups in total. The van der Waals surface area contributed by atoms with Crippen LogP contribution in [0.5, 0.6) is 0 Å². The van der Waals surface area contributed by atoms with E-state index < -0.39 is 0 Å². The number of pyridine rings is 1. The number of aryl methyl sites for hydroxylation is 2. The van der Waals surface area contributed by atoms with Crippen LogP contribution in [-0.2, 0) is 0 Å². The fourth-order valence-electron chi connectivity index (χ4n) is 1.20. The van der Waals surface area contributed by atoms with Gasteiger partial charge in [0.1, 0.15) is 5.03 Å². The Kier molecular flexibility index (Phi) is 2.97. The maximum atomic E-state index is 4.33. The summed E-state index contributed by atoms with van der Waals surface area (Å²) in [6.45, 7) is 3.93. The third-order valence-electron chi connectivity index (χ3n) is 1.75. The van der Waals surface area contributed by atoms with Crippen molar-refractivity contribution >= 4 is 11.8 Å². The zero-order chi connectivity index (χ0) is 10.7. The number of nitrogens with zero attached hydrogens (tertiary/aromatic N) is 3. The second kappa shape index (κ2) is 4.40. The molecule has 4 heteroatoms. The van der Waals surface area contributed by atoms with Crippen LogP contribution in [0.25, 0.3) is 0 Å². The van der Waals surface area contributed by atoms with E-state index in [9.17, 15) is 0 Å². The van der Waals surface area contributed by atoms with Crippen LogP contribution in [0, 0.1) is 19.9 Å². The molecular formula is C11H10N3S. The molecule has 0 unspecified atom stereocenters. The number of rotatable bonds is 2. The van der Waals surface area contributed by atoms with E-state index >= 15 is 0 Å². The summed E-state index contributed by atoms with van der Waals surface area (Å²) >= 11 is 1.46. The van der Waals surface area contributed by atoms with E-state index in [0.717, 1.165) is 21.6 Å². The molecule has 2 aromatic rings. The first-order valence-electron chi connectivity index (χ1n) is 4.56. The molecular weight excluding hydrogens is 206 g/mol. The topological polar surface area (TPSA) is 38.7 Å². The maximum Gasteiger partial charge on any atom is 0.194 e. The lowest BCUT2D eigenvalue weighted by Gasteiger charge is -2.01. The van der Waals surface area contributed by atoms with Crippen molar-refractivity contribution in [3.8, 4) is 0 Å². The van der Waals surface area contributed by atoms with Crippen molar-refractivity contribution in [2.75, 3.05) is 0 Å². The summed E-state index contributed by atoms with van der Waals surface area (Å²) in [5.41, 5.74) is 1.96. The van der Waals surface area contributed by atoms with Crippen molar-refractivity contribution < 1.29 is 0 Å². The van der Waals surface area contributed by atoms with Crippen molar-refractivity contribution in [3.05, 3.63) is 41.9 Å². The Balaban J connectivity index is 2.25. The van der Waals surface area contributed by atoms with E-state index in [0.29, 0.717) is 0 Å². The Bertz CT molecular complexity index is 436. The molecule has 0 spiro atoms. The smallest absolute Gasteiger partial charge is 0.194 e. The molecule has 0 amide bonds. The fourth-order valence-corrected chi connectivity index (χ4v) is 2.01. The molecule has 0 aliphatic heterocycles. The second-order valence-corrected chi connectivity index (χ2v) is 4.12. The molecule has 15 heavy (non-hydrogen) atoms. The predicted molar refractivity (Wildman–Crippen MR) is 58.7 cm³/mol. The molecule has 2 heterocycles. The standard InChI is InChI=1S/C11H10N3S/c1-8-7-9(2)14-11(13-8)15-10-5-3-4-6-12-10/h3,5-7H,1-2H3. The summed E-state index contributed by atoms with van der Waals surface area (Å²) in [6, 6.07) is 8.56. The van der Waals surface area contributed by atoms with Crippen LogP contribution in [0.15, 0.2) is 34.6 Å². The maximum absolute atomic E-state index is 4.33. The third kappa shape index (κ3) is 2.76. The Hall–Kier alpha value is -1.42. The third-order valence-corrected chi connectivity index (χ3v) is 2.56. The number of aromatic nitrogens is 3. The van der Waals surface area contributed by atoms with Crippen LogP contribution < -0.4 is 0 Å². The lowest BCUT2D eigenvalue weighted by Crippen LogP contribution is -1.92. The van der Waals surface area contributed by atoms with Crippen LogP contribution in [0.3, 0.4) is 0 Å². The molecule has 2 rings (SSSR count). The average Bonchev–Trinajstić information content (AvgIpc) is 2.17. The van der Waals surface area contributed by atoms with Gasteiger partial charge >= 0.3 is 0 Å². The van der Waals surface area contributed by atoms with E-state index in [-0.39, 0.29) is 0 Å². The van der Waals surface area contributed by atoms with Crippen LogP contribution in [0.1, 0.15) is 11.4 Å². The molecule has 0 saturated carbocycles. The summed E-state index contributed by atoms with van der Waals surface area (Å²) in [5, 5.41) is 1.63. The molecule has 0 atom stereocenters. The molecule has 1 radical (unpaired) electrons. The second-order valence-electron chi connectivity index (χ2n) is 3.13. The first-order valence-corrected chi connectivity index (χ1v) is 5.38. The van der Waals surface area contributed by atoms with Gasteiger partial charge in [-0.25, -0.2) is 15.0 Å². The van der Waals surface area contributed by atoms with Crippen molar-refractivity contribution in [1.29, 1.82) is 0 Å². The quantitative estimate of drug-likeness (QED) is 0.723. The highest BCUT2D eigenvalue weighted by Crippen LogP contribution is 2.22. The van der Waals surface area contributed by atoms with Gasteiger partial charge in [0.25, 0.3) is 0 Å². The molecule has 3 nitrogen and oxygen atoms in total. The summed E-state index contributed by atoms with van der Waals surface area (Å²) in [5.74, 6) is 0. The highest BCUT2D eigenvalue weighted by atomic mass is 32.2. The van der Waals surface area contributed by atoms with E-state index in [1.165, 1.54) is 11.8 Å². The summed E-state index contributed by atoms with van der Waals surface area (Å²) in [7, 11) is 0. The van der Waals surface area contributed by atoms with Gasteiger partial charge in [-0.3, -0.25) is 0 Å². The summed E-state index contributed by atoms with van der Waals surface area (Å²) in [4.78, 5) is 12.8. The van der Waals surface area contributed by atoms with Gasteiger partial charge in [-0.15, -0.1) is 0 Å². The first-order chi connectivity index (χ1) is 7.24. The van der Waals surface area contributed by atoms with Crippen LogP contribution >= 0.6 is 11.8 Å². The Morgan fingerprint density at radius 3 is 2.53 bits per heavy atom. The highest BCUT2D eigenvalue weighted by molar-refractivity contribution is 7.99. The van der Waals surface area contributed by atoms with Gasteiger partial charge in [0.2, 0.25) is 0 Å². The molecule has 0 fully saturated rings. The molecule has 0 aliphatic carbocycles. The minimum absolute atomic E-state index is 0.742. The van der Waals surface area contributed by atoms with E-state index in [2.05, 4.69) is 21.0 Å². The number of hydrogen-bond acceptors (Lipinski definition) is 4. The van der Waals surface area contributed by atoms with Crippen molar-refractivity contribution in [3.63, 3.8) is 0 Å². The van der Waals surface area contributed by atoms with Crippen molar-refractivity contribution in [1.82, 2.24) is 15.0 Å². The summed E-state index contributed by atoms with van der Waals surface area (Å²) < 4.78 is 0. The Labute approximate surface area is 93.0 Å². The van der Waals surface area contributed by atoms with Gasteiger partial charge in [-0.1, -0.05) is 6.07 Å². The van der Waals surface area contributed by atoms with E-state index in [1.807, 2.05) is 32.0 Å². The normalized spacial score (nSPS) is 10.3. The molecule has 0 aliphatic rings. The van der Waals surface area contributed by atoms with Gasteiger partial charge < -0.3 is 0 Å². The van der Waals surface area contributed by atoms with Gasteiger partial charge in [0, 0.05) is 23.7 Å². The summed E-state index contributed by atoms with van der Waals surface area (Å²) in [6.07, 6.45) is 1.64. The van der Waals surface area contributed by atoms with Gasteiger partial charge in [0.05, 0.1) is 0 Å². The molecule has 75 valence electrons. The molecule has 0 saturated heterocycles. The van der Waals surface area contributed by atoms with E-state index in [4.69, 9.17) is 0 Å². The minimum atomic E-state index is 0.742. The molecule has 0 aromatic carbocycles. The van der Waals surface area contributed by atoms with Crippen LogP contribution in [0.4, 0.5) is 0 Å². The van der Waals surface area contributed by atoms with Crippen LogP contribution in [-0.4, -0.2) is 15.0 Å². The van der Waals surface area contributed by atoms with E-state index in [1.54, 1.807) is 6.20 Å². The zero-order valence-electron chi connectivity index (χ0n) is 8.56. The fraction of sp³-hybridized carbons (Fsp3) is 0.182. The monoisotopic (exact) mass is 216 g/mol. The first kappa shape index (κ1) is 10.1. The van der Waals surface area contributed by atoms with Crippen molar-refractivity contribution in [2.24, 2.45) is 0 Å². The van der Waals surface area contributed by atoms with Gasteiger partial charge in [-0.05, 0) is 37.7 Å². The Morgan fingerprint density at radius 1 is 1.20 bits per heavy atom. The molecule has 0 bridgehead atoms. The van der Waals surface area contributed by atoms with Gasteiger partial charge in [0.15, 0.2) is 5.16 Å². The van der Waals surface area contributed by atoms with Gasteiger partial charge in [-0.2, -0.15) is 0 Å². The SMILES string of the molecule is Cc1cc(C)nc(Sc2cc[c]cn2)n1.